The van der Waals surface area contributed by atoms with Gasteiger partial charge >= 0.3 is 0 Å². The standard InChI is InChI=1S/C15H18BrCl2N5O3S/c1-7(15(2,3)24)21-13-9(16)6-20-14(23-13)22-8-4-10(17)12(11(18)5-8)27(19,25)26/h4-7,24H,1-3H3,(H2,19,25,26)(H2,20,21,22,23)/t7-/m1/s1. The van der Waals surface area contributed by atoms with Crippen LogP contribution in [0.3, 0.4) is 0 Å². The van der Waals surface area contributed by atoms with E-state index in [1.807, 2.05) is 6.92 Å². The summed E-state index contributed by atoms with van der Waals surface area (Å²) in [6.45, 7) is 5.17. The second-order valence-electron chi connectivity index (χ2n) is 6.35. The van der Waals surface area contributed by atoms with E-state index in [0.717, 1.165) is 0 Å². The Bertz CT molecular complexity index is 943. The van der Waals surface area contributed by atoms with Crippen molar-refractivity contribution in [2.24, 2.45) is 5.14 Å². The van der Waals surface area contributed by atoms with Crippen LogP contribution in [0.15, 0.2) is 27.7 Å². The molecule has 1 aromatic carbocycles. The molecule has 27 heavy (non-hydrogen) atoms. The number of sulfonamides is 1. The van der Waals surface area contributed by atoms with Crippen LogP contribution in [0.25, 0.3) is 0 Å². The second-order valence-corrected chi connectivity index (χ2v) is 9.52. The maximum atomic E-state index is 11.5. The van der Waals surface area contributed by atoms with Gasteiger partial charge in [0.05, 0.1) is 26.2 Å². The number of aromatic nitrogens is 2. The first-order valence-corrected chi connectivity index (χ1v) is 10.7. The molecule has 0 aliphatic carbocycles. The molecule has 8 nitrogen and oxygen atoms in total. The molecule has 0 spiro atoms. The van der Waals surface area contributed by atoms with E-state index >= 15 is 0 Å². The quantitative estimate of drug-likeness (QED) is 0.479. The Labute approximate surface area is 175 Å². The van der Waals surface area contributed by atoms with Gasteiger partial charge in [0.15, 0.2) is 0 Å². The van der Waals surface area contributed by atoms with Gasteiger partial charge in [-0.15, -0.1) is 0 Å². The third-order valence-corrected chi connectivity index (χ3v) is 6.11. The van der Waals surface area contributed by atoms with Gasteiger partial charge in [0.2, 0.25) is 16.0 Å². The average molecular weight is 499 g/mol. The number of nitrogens with one attached hydrogen (secondary N) is 2. The molecule has 148 valence electrons. The van der Waals surface area contributed by atoms with E-state index < -0.39 is 15.6 Å². The van der Waals surface area contributed by atoms with E-state index in [1.165, 1.54) is 18.3 Å². The van der Waals surface area contributed by atoms with Gasteiger partial charge in [-0.1, -0.05) is 23.2 Å². The molecule has 1 heterocycles. The Hall–Kier alpha value is -1.17. The minimum absolute atomic E-state index is 0.126. The van der Waals surface area contributed by atoms with E-state index in [9.17, 15) is 13.5 Å². The van der Waals surface area contributed by atoms with Crippen LogP contribution in [0, 0.1) is 0 Å². The number of rotatable bonds is 6. The van der Waals surface area contributed by atoms with Crippen molar-refractivity contribution in [2.75, 3.05) is 10.6 Å². The van der Waals surface area contributed by atoms with Crippen LogP contribution in [0.5, 0.6) is 0 Å². The monoisotopic (exact) mass is 497 g/mol. The summed E-state index contributed by atoms with van der Waals surface area (Å²) in [6.07, 6.45) is 1.52. The Morgan fingerprint density at radius 1 is 1.30 bits per heavy atom. The molecule has 2 rings (SSSR count). The van der Waals surface area contributed by atoms with Gasteiger partial charge in [0.1, 0.15) is 10.7 Å². The number of hydrogen-bond donors (Lipinski definition) is 4. The maximum Gasteiger partial charge on any atom is 0.241 e. The van der Waals surface area contributed by atoms with Crippen molar-refractivity contribution in [1.29, 1.82) is 0 Å². The molecule has 0 radical (unpaired) electrons. The third kappa shape index (κ3) is 5.66. The molecular weight excluding hydrogens is 481 g/mol. The number of aliphatic hydroxyl groups is 1. The number of benzene rings is 1. The number of anilines is 3. The van der Waals surface area contributed by atoms with E-state index in [-0.39, 0.29) is 26.9 Å². The van der Waals surface area contributed by atoms with Crippen LogP contribution in [0.4, 0.5) is 17.5 Å². The molecule has 1 atom stereocenters. The smallest absolute Gasteiger partial charge is 0.241 e. The van der Waals surface area contributed by atoms with Crippen molar-refractivity contribution in [2.45, 2.75) is 37.3 Å². The summed E-state index contributed by atoms with van der Waals surface area (Å²) in [4.78, 5) is 8.11. The van der Waals surface area contributed by atoms with Crippen molar-refractivity contribution in [3.05, 3.63) is 32.8 Å². The SMILES string of the molecule is C[C@@H](Nc1nc(Nc2cc(Cl)c(S(N)(=O)=O)c(Cl)c2)ncc1Br)C(C)(C)O. The summed E-state index contributed by atoms with van der Waals surface area (Å²) in [6, 6.07) is 2.41. The lowest BCUT2D eigenvalue weighted by Gasteiger charge is -2.27. The summed E-state index contributed by atoms with van der Waals surface area (Å²) in [7, 11) is -4.06. The van der Waals surface area contributed by atoms with Gasteiger partial charge in [-0.2, -0.15) is 4.98 Å². The van der Waals surface area contributed by atoms with E-state index in [2.05, 4.69) is 36.5 Å². The van der Waals surface area contributed by atoms with Gasteiger partial charge < -0.3 is 15.7 Å². The predicted octanol–water partition coefficient (Wildman–Crippen LogP) is 3.51. The first-order chi connectivity index (χ1) is 12.3. The predicted molar refractivity (Wildman–Crippen MR) is 110 cm³/mol. The van der Waals surface area contributed by atoms with E-state index in [0.29, 0.717) is 16.0 Å². The molecule has 0 aliphatic rings. The van der Waals surface area contributed by atoms with Crippen molar-refractivity contribution in [3.63, 3.8) is 0 Å². The molecule has 2 aromatic rings. The number of halogens is 3. The maximum absolute atomic E-state index is 11.5. The van der Waals surface area contributed by atoms with Crippen LogP contribution in [0.1, 0.15) is 20.8 Å². The van der Waals surface area contributed by atoms with Crippen LogP contribution < -0.4 is 15.8 Å². The number of nitrogens with zero attached hydrogens (tertiary/aromatic N) is 2. The summed E-state index contributed by atoms with van der Waals surface area (Å²) >= 11 is 15.3. The fraction of sp³-hybridized carbons (Fsp3) is 0.333. The van der Waals surface area contributed by atoms with Crippen LogP contribution in [-0.4, -0.2) is 35.1 Å². The van der Waals surface area contributed by atoms with E-state index in [4.69, 9.17) is 28.3 Å². The highest BCUT2D eigenvalue weighted by Gasteiger charge is 2.23. The molecule has 0 fully saturated rings. The van der Waals surface area contributed by atoms with Gasteiger partial charge in [-0.25, -0.2) is 18.5 Å². The Kier molecular flexibility index (Phi) is 6.60. The Morgan fingerprint density at radius 3 is 2.33 bits per heavy atom. The Balaban J connectivity index is 2.32. The Morgan fingerprint density at radius 2 is 1.85 bits per heavy atom. The topological polar surface area (TPSA) is 130 Å². The van der Waals surface area contributed by atoms with Crippen molar-refractivity contribution in [1.82, 2.24) is 9.97 Å². The number of hydrogen-bond acceptors (Lipinski definition) is 7. The largest absolute Gasteiger partial charge is 0.388 e. The normalized spacial score (nSPS) is 13.3. The lowest BCUT2D eigenvalue weighted by atomic mass is 10.0. The fourth-order valence-electron chi connectivity index (χ4n) is 1.94. The van der Waals surface area contributed by atoms with Crippen molar-refractivity contribution < 1.29 is 13.5 Å². The van der Waals surface area contributed by atoms with E-state index in [1.54, 1.807) is 13.8 Å². The molecule has 1 aromatic heterocycles. The highest BCUT2D eigenvalue weighted by molar-refractivity contribution is 9.10. The molecule has 0 aliphatic heterocycles. The summed E-state index contributed by atoms with van der Waals surface area (Å²) in [5.74, 6) is 0.666. The van der Waals surface area contributed by atoms with Crippen LogP contribution >= 0.6 is 39.1 Å². The average Bonchev–Trinajstić information content (AvgIpc) is 2.47. The number of nitrogens with two attached hydrogens (primary N) is 1. The van der Waals surface area contributed by atoms with Crippen LogP contribution in [-0.2, 0) is 10.0 Å². The van der Waals surface area contributed by atoms with Gasteiger partial charge in [-0.3, -0.25) is 0 Å². The lowest BCUT2D eigenvalue weighted by Crippen LogP contribution is -2.39. The summed E-state index contributed by atoms with van der Waals surface area (Å²) in [5, 5.41) is 20.9. The third-order valence-electron chi connectivity index (χ3n) is 3.70. The molecule has 0 saturated carbocycles. The second kappa shape index (κ2) is 8.06. The molecule has 0 amide bonds. The summed E-state index contributed by atoms with van der Waals surface area (Å²) in [5.41, 5.74) is -0.594. The fourth-order valence-corrected chi connectivity index (χ4v) is 4.04. The molecule has 0 unspecified atom stereocenters. The van der Waals surface area contributed by atoms with Gasteiger partial charge in [-0.05, 0) is 48.8 Å². The lowest BCUT2D eigenvalue weighted by molar-refractivity contribution is 0.0647. The molecule has 12 heteroatoms. The molecular formula is C15H18BrCl2N5O3S. The highest BCUT2D eigenvalue weighted by atomic mass is 79.9. The molecule has 5 N–H and O–H groups in total. The minimum Gasteiger partial charge on any atom is -0.388 e. The zero-order valence-corrected chi connectivity index (χ0v) is 18.5. The van der Waals surface area contributed by atoms with Gasteiger partial charge in [0.25, 0.3) is 0 Å². The molecule has 0 saturated heterocycles. The van der Waals surface area contributed by atoms with Crippen LogP contribution in [0.2, 0.25) is 10.0 Å². The highest BCUT2D eigenvalue weighted by Crippen LogP contribution is 2.33. The molecule has 0 bridgehead atoms. The van der Waals surface area contributed by atoms with Gasteiger partial charge in [0, 0.05) is 11.9 Å². The first kappa shape index (κ1) is 22.1. The minimum atomic E-state index is -4.06. The number of primary sulfonamides is 1. The van der Waals surface area contributed by atoms with Crippen molar-refractivity contribution >= 4 is 66.6 Å². The zero-order chi connectivity index (χ0) is 20.6. The summed E-state index contributed by atoms with van der Waals surface area (Å²) < 4.78 is 23.7. The zero-order valence-electron chi connectivity index (χ0n) is 14.6. The van der Waals surface area contributed by atoms with Crippen molar-refractivity contribution in [3.8, 4) is 0 Å². The first-order valence-electron chi connectivity index (χ1n) is 7.59.